The summed E-state index contributed by atoms with van der Waals surface area (Å²) in [6.45, 7) is -0.436. The van der Waals surface area contributed by atoms with Gasteiger partial charge in [-0.1, -0.05) is 36.4 Å². The van der Waals surface area contributed by atoms with Crippen molar-refractivity contribution in [2.75, 3.05) is 14.2 Å². The molecule has 110 valence electrons. The van der Waals surface area contributed by atoms with Crippen molar-refractivity contribution in [1.29, 1.82) is 0 Å². The molecule has 2 aromatic carbocycles. The molecule has 0 amide bonds. The number of ether oxygens (including phenoxy) is 2. The first-order chi connectivity index (χ1) is 9.76. The van der Waals surface area contributed by atoms with Crippen LogP contribution in [0.3, 0.4) is 0 Å². The smallest absolute Gasteiger partial charge is 0.851 e. The second-order valence-electron chi connectivity index (χ2n) is 3.91. The molecule has 2 radical (unpaired) electrons. The number of methoxy groups -OCH3 is 2. The Morgan fingerprint density at radius 2 is 1.05 bits per heavy atom. The van der Waals surface area contributed by atoms with E-state index in [1.807, 2.05) is 24.3 Å². The van der Waals surface area contributed by atoms with E-state index in [0.29, 0.717) is 22.6 Å². The predicted octanol–water partition coefficient (Wildman–Crippen LogP) is 0.730. The van der Waals surface area contributed by atoms with Crippen LogP contribution >= 0.6 is 0 Å². The zero-order valence-electron chi connectivity index (χ0n) is 12.2. The molecule has 0 unspecified atom stereocenters. The van der Waals surface area contributed by atoms with Gasteiger partial charge in [0, 0.05) is 0 Å². The minimum absolute atomic E-state index is 0. The van der Waals surface area contributed by atoms with Gasteiger partial charge in [-0.25, -0.2) is 0 Å². The van der Waals surface area contributed by atoms with E-state index in [9.17, 15) is 10.2 Å². The Bertz CT molecular complexity index is 424. The number of hydrogen-bond donors (Lipinski definition) is 0. The van der Waals surface area contributed by atoms with Crippen molar-refractivity contribution in [2.24, 2.45) is 0 Å². The zero-order valence-corrected chi connectivity index (χ0v) is 15.0. The summed E-state index contributed by atoms with van der Waals surface area (Å²) in [5.41, 5.74) is 1.43. The molecule has 0 bridgehead atoms. The van der Waals surface area contributed by atoms with Gasteiger partial charge in [-0.3, -0.25) is 0 Å². The second kappa shape index (κ2) is 11.4. The van der Waals surface area contributed by atoms with Crippen LogP contribution in [0.25, 0.3) is 0 Å². The molecular formula is C16H18O4Sn. The van der Waals surface area contributed by atoms with E-state index in [1.165, 1.54) is 0 Å². The quantitative estimate of drug-likeness (QED) is 0.719. The Labute approximate surface area is 142 Å². The fraction of sp³-hybridized carbons (Fsp3) is 0.250. The van der Waals surface area contributed by atoms with E-state index in [2.05, 4.69) is 0 Å². The van der Waals surface area contributed by atoms with Gasteiger partial charge in [0.1, 0.15) is 11.5 Å². The van der Waals surface area contributed by atoms with Gasteiger partial charge >= 0.3 is 23.9 Å². The number of hydrogen-bond acceptors (Lipinski definition) is 4. The first-order valence-corrected chi connectivity index (χ1v) is 6.16. The number of rotatable bonds is 4. The fourth-order valence-corrected chi connectivity index (χ4v) is 1.64. The van der Waals surface area contributed by atoms with Gasteiger partial charge in [0.25, 0.3) is 0 Å². The molecule has 0 aromatic heterocycles. The molecule has 0 saturated carbocycles. The van der Waals surface area contributed by atoms with Gasteiger partial charge in [-0.2, -0.15) is 0 Å². The van der Waals surface area contributed by atoms with E-state index in [4.69, 9.17) is 9.47 Å². The van der Waals surface area contributed by atoms with Crippen LogP contribution in [0.4, 0.5) is 0 Å². The third kappa shape index (κ3) is 6.37. The molecule has 0 atom stereocenters. The molecule has 0 aliphatic heterocycles. The van der Waals surface area contributed by atoms with Crippen LogP contribution in [0, 0.1) is 0 Å². The normalized spacial score (nSPS) is 8.95. The van der Waals surface area contributed by atoms with Crippen LogP contribution in [0.2, 0.25) is 0 Å². The molecular weight excluding hydrogens is 375 g/mol. The average molecular weight is 393 g/mol. The Morgan fingerprint density at radius 1 is 0.714 bits per heavy atom. The minimum atomic E-state index is -0.218. The average Bonchev–Trinajstić information content (AvgIpc) is 2.55. The van der Waals surface area contributed by atoms with Gasteiger partial charge in [-0.05, 0) is 23.3 Å². The van der Waals surface area contributed by atoms with Crippen LogP contribution in [0.1, 0.15) is 11.1 Å². The SMILES string of the molecule is COc1ccccc1C[O-].COc1ccccc1C[O-].[Sn+2]. The van der Waals surface area contributed by atoms with Gasteiger partial charge in [0.2, 0.25) is 0 Å². The van der Waals surface area contributed by atoms with Crippen LogP contribution in [0.5, 0.6) is 11.5 Å². The first-order valence-electron chi connectivity index (χ1n) is 6.16. The van der Waals surface area contributed by atoms with Crippen molar-refractivity contribution >= 4 is 23.9 Å². The maximum atomic E-state index is 10.4. The van der Waals surface area contributed by atoms with Crippen molar-refractivity contribution in [3.05, 3.63) is 59.7 Å². The molecule has 5 heteroatoms. The monoisotopic (exact) mass is 394 g/mol. The Balaban J connectivity index is 0.000000364. The Kier molecular flexibility index (Phi) is 10.7. The van der Waals surface area contributed by atoms with Gasteiger partial charge in [-0.15, -0.1) is 13.2 Å². The summed E-state index contributed by atoms with van der Waals surface area (Å²) in [6.07, 6.45) is 0. The largest absolute Gasteiger partial charge is 2.00 e. The maximum Gasteiger partial charge on any atom is 2.00 e. The third-order valence-electron chi connectivity index (χ3n) is 2.70. The van der Waals surface area contributed by atoms with E-state index < -0.39 is 0 Å². The summed E-state index contributed by atoms with van der Waals surface area (Å²) in [7, 11) is 3.13. The summed E-state index contributed by atoms with van der Waals surface area (Å²) < 4.78 is 9.87. The van der Waals surface area contributed by atoms with E-state index in [-0.39, 0.29) is 37.1 Å². The number of benzene rings is 2. The van der Waals surface area contributed by atoms with Crippen LogP contribution in [0.15, 0.2) is 48.5 Å². The molecule has 0 fully saturated rings. The molecule has 0 spiro atoms. The molecule has 4 nitrogen and oxygen atoms in total. The standard InChI is InChI=1S/2C8H9O2.Sn/c2*1-10-8-5-3-2-4-7(8)6-9;/h2*2-5H,6H2,1H3;/q2*-1;+2. The first kappa shape index (κ1) is 19.8. The van der Waals surface area contributed by atoms with Crippen LogP contribution in [-0.2, 0) is 13.2 Å². The van der Waals surface area contributed by atoms with E-state index in [1.54, 1.807) is 38.5 Å². The van der Waals surface area contributed by atoms with Gasteiger partial charge in [0.05, 0.1) is 14.2 Å². The molecule has 2 aromatic rings. The maximum absolute atomic E-state index is 10.4. The molecule has 21 heavy (non-hydrogen) atoms. The van der Waals surface area contributed by atoms with Crippen LogP contribution in [-0.4, -0.2) is 38.1 Å². The van der Waals surface area contributed by atoms with Crippen molar-refractivity contribution in [3.63, 3.8) is 0 Å². The van der Waals surface area contributed by atoms with E-state index in [0.717, 1.165) is 0 Å². The van der Waals surface area contributed by atoms with Crippen molar-refractivity contribution in [1.82, 2.24) is 0 Å². The minimum Gasteiger partial charge on any atom is -0.851 e. The summed E-state index contributed by atoms with van der Waals surface area (Å²) in [4.78, 5) is 0. The summed E-state index contributed by atoms with van der Waals surface area (Å²) >= 11 is 0. The van der Waals surface area contributed by atoms with E-state index >= 15 is 0 Å². The Hall–Kier alpha value is -1.24. The van der Waals surface area contributed by atoms with Gasteiger partial charge in [0.15, 0.2) is 0 Å². The van der Waals surface area contributed by atoms with Crippen molar-refractivity contribution in [2.45, 2.75) is 13.2 Å². The summed E-state index contributed by atoms with van der Waals surface area (Å²) in [5, 5.41) is 20.9. The number of para-hydroxylation sites is 2. The third-order valence-corrected chi connectivity index (χ3v) is 2.70. The predicted molar refractivity (Wildman–Crippen MR) is 79.2 cm³/mol. The molecule has 0 aliphatic carbocycles. The van der Waals surface area contributed by atoms with Gasteiger partial charge < -0.3 is 19.7 Å². The van der Waals surface area contributed by atoms with Crippen molar-refractivity contribution < 1.29 is 19.7 Å². The topological polar surface area (TPSA) is 64.6 Å². The molecule has 0 N–H and O–H groups in total. The molecule has 2 rings (SSSR count). The Morgan fingerprint density at radius 3 is 1.29 bits per heavy atom. The summed E-state index contributed by atoms with van der Waals surface area (Å²) in [5.74, 6) is 1.36. The molecule has 0 aliphatic rings. The fourth-order valence-electron chi connectivity index (χ4n) is 1.64. The van der Waals surface area contributed by atoms with Crippen molar-refractivity contribution in [3.8, 4) is 11.5 Å². The van der Waals surface area contributed by atoms with Crippen LogP contribution < -0.4 is 19.7 Å². The molecule has 0 saturated heterocycles. The summed E-state index contributed by atoms with van der Waals surface area (Å²) in [6, 6.07) is 14.5. The molecule has 0 heterocycles. The second-order valence-corrected chi connectivity index (χ2v) is 3.91. The zero-order chi connectivity index (χ0) is 14.8.